The Hall–Kier alpha value is -0.0400. The third kappa shape index (κ3) is 4.45. The molecular formula is C13H27N. The zero-order valence-electron chi connectivity index (χ0n) is 10.2. The van der Waals surface area contributed by atoms with Gasteiger partial charge in [-0.1, -0.05) is 33.6 Å². The maximum atomic E-state index is 3.74. The molecule has 0 aliphatic heterocycles. The number of hydrogen-bond acceptors (Lipinski definition) is 1. The summed E-state index contributed by atoms with van der Waals surface area (Å²) in [6.07, 6.45) is 8.30. The van der Waals surface area contributed by atoms with E-state index in [0.29, 0.717) is 0 Å². The van der Waals surface area contributed by atoms with Gasteiger partial charge in [0.25, 0.3) is 0 Å². The first-order valence-corrected chi connectivity index (χ1v) is 6.51. The Bertz CT molecular complexity index is 134. The molecule has 0 spiro atoms. The van der Waals surface area contributed by atoms with Crippen LogP contribution in [0.2, 0.25) is 0 Å². The van der Waals surface area contributed by atoms with Crippen LogP contribution in [0.3, 0.4) is 0 Å². The summed E-state index contributed by atoms with van der Waals surface area (Å²) >= 11 is 0. The van der Waals surface area contributed by atoms with Crippen molar-refractivity contribution in [3.63, 3.8) is 0 Å². The summed E-state index contributed by atoms with van der Waals surface area (Å²) in [4.78, 5) is 0. The Labute approximate surface area is 89.7 Å². The van der Waals surface area contributed by atoms with E-state index in [-0.39, 0.29) is 0 Å². The Balaban J connectivity index is 2.10. The van der Waals surface area contributed by atoms with Crippen LogP contribution in [0.25, 0.3) is 0 Å². The first-order chi connectivity index (χ1) is 6.77. The Morgan fingerprint density at radius 3 is 2.14 bits per heavy atom. The Kier molecular flexibility index (Phi) is 5.54. The molecule has 1 unspecified atom stereocenters. The highest BCUT2D eigenvalue weighted by Crippen LogP contribution is 2.36. The van der Waals surface area contributed by atoms with Crippen LogP contribution in [0, 0.1) is 11.8 Å². The van der Waals surface area contributed by atoms with Crippen LogP contribution in [0.1, 0.15) is 59.3 Å². The zero-order chi connectivity index (χ0) is 10.4. The number of rotatable bonds is 8. The van der Waals surface area contributed by atoms with Crippen molar-refractivity contribution in [3.8, 4) is 0 Å². The minimum atomic E-state index is 0.784. The van der Waals surface area contributed by atoms with Gasteiger partial charge in [0.2, 0.25) is 0 Å². The molecule has 0 heterocycles. The summed E-state index contributed by atoms with van der Waals surface area (Å²) in [6, 6.07) is 0.784. The fourth-order valence-corrected chi connectivity index (χ4v) is 2.23. The second-order valence-corrected chi connectivity index (χ2v) is 5.00. The van der Waals surface area contributed by atoms with Gasteiger partial charge in [0.1, 0.15) is 0 Å². The van der Waals surface area contributed by atoms with E-state index in [2.05, 4.69) is 26.1 Å². The van der Waals surface area contributed by atoms with Crippen molar-refractivity contribution in [2.24, 2.45) is 11.8 Å². The maximum absolute atomic E-state index is 3.74. The topological polar surface area (TPSA) is 12.0 Å². The zero-order valence-corrected chi connectivity index (χ0v) is 10.2. The van der Waals surface area contributed by atoms with Crippen LogP contribution >= 0.6 is 0 Å². The summed E-state index contributed by atoms with van der Waals surface area (Å²) in [5, 5.41) is 3.74. The molecule has 1 saturated carbocycles. The molecule has 1 heteroatoms. The molecule has 84 valence electrons. The normalized spacial score (nSPS) is 18.9. The van der Waals surface area contributed by atoms with E-state index in [0.717, 1.165) is 17.9 Å². The number of hydrogen-bond donors (Lipinski definition) is 1. The van der Waals surface area contributed by atoms with Gasteiger partial charge in [0, 0.05) is 6.04 Å². The van der Waals surface area contributed by atoms with Crippen molar-refractivity contribution in [1.82, 2.24) is 5.32 Å². The smallest absolute Gasteiger partial charge is 0.00669 e. The average Bonchev–Trinajstić information content (AvgIpc) is 2.97. The fourth-order valence-electron chi connectivity index (χ4n) is 2.23. The SMILES string of the molecule is CCCC(CCC)NCC(C)C1CC1. The molecule has 14 heavy (non-hydrogen) atoms. The van der Waals surface area contributed by atoms with Crippen molar-refractivity contribution < 1.29 is 0 Å². The lowest BCUT2D eigenvalue weighted by Gasteiger charge is -2.20. The largest absolute Gasteiger partial charge is 0.314 e. The first-order valence-electron chi connectivity index (χ1n) is 6.51. The van der Waals surface area contributed by atoms with Crippen molar-refractivity contribution in [2.75, 3.05) is 6.54 Å². The molecule has 1 fully saturated rings. The van der Waals surface area contributed by atoms with E-state index >= 15 is 0 Å². The van der Waals surface area contributed by atoms with E-state index in [1.54, 1.807) is 0 Å². The molecule has 1 N–H and O–H groups in total. The average molecular weight is 197 g/mol. The second-order valence-electron chi connectivity index (χ2n) is 5.00. The highest BCUT2D eigenvalue weighted by atomic mass is 14.9. The van der Waals surface area contributed by atoms with Gasteiger partial charge < -0.3 is 5.32 Å². The molecule has 0 aromatic rings. The van der Waals surface area contributed by atoms with Crippen LogP contribution in [-0.2, 0) is 0 Å². The summed E-state index contributed by atoms with van der Waals surface area (Å²) in [6.45, 7) is 8.22. The predicted octanol–water partition coefficient (Wildman–Crippen LogP) is 3.59. The second kappa shape index (κ2) is 6.44. The third-order valence-electron chi connectivity index (χ3n) is 3.43. The van der Waals surface area contributed by atoms with Gasteiger partial charge in [0.15, 0.2) is 0 Å². The molecule has 1 aliphatic carbocycles. The van der Waals surface area contributed by atoms with Crippen LogP contribution in [-0.4, -0.2) is 12.6 Å². The Morgan fingerprint density at radius 2 is 1.71 bits per heavy atom. The van der Waals surface area contributed by atoms with E-state index in [4.69, 9.17) is 0 Å². The molecule has 1 aliphatic rings. The molecule has 0 aromatic heterocycles. The highest BCUT2D eigenvalue weighted by molar-refractivity contribution is 4.80. The molecule has 0 saturated heterocycles. The standard InChI is InChI=1S/C13H27N/c1-4-6-13(7-5-2)14-10-11(3)12-8-9-12/h11-14H,4-10H2,1-3H3. The lowest BCUT2D eigenvalue weighted by molar-refractivity contribution is 0.383. The fraction of sp³-hybridized carbons (Fsp3) is 1.00. The van der Waals surface area contributed by atoms with Crippen LogP contribution in [0.5, 0.6) is 0 Å². The highest BCUT2D eigenvalue weighted by Gasteiger charge is 2.27. The first kappa shape index (κ1) is 12.0. The minimum Gasteiger partial charge on any atom is -0.314 e. The molecular weight excluding hydrogens is 170 g/mol. The summed E-state index contributed by atoms with van der Waals surface area (Å²) in [7, 11) is 0. The minimum absolute atomic E-state index is 0.784. The van der Waals surface area contributed by atoms with Crippen molar-refractivity contribution in [2.45, 2.75) is 65.3 Å². The number of nitrogens with one attached hydrogen (secondary N) is 1. The van der Waals surface area contributed by atoms with E-state index in [9.17, 15) is 0 Å². The molecule has 1 nitrogen and oxygen atoms in total. The molecule has 0 amide bonds. The monoisotopic (exact) mass is 197 g/mol. The van der Waals surface area contributed by atoms with E-state index in [1.807, 2.05) is 0 Å². The van der Waals surface area contributed by atoms with Crippen LogP contribution in [0.4, 0.5) is 0 Å². The van der Waals surface area contributed by atoms with Gasteiger partial charge in [-0.05, 0) is 44.1 Å². The quantitative estimate of drug-likeness (QED) is 0.627. The molecule has 1 atom stereocenters. The summed E-state index contributed by atoms with van der Waals surface area (Å²) < 4.78 is 0. The lowest BCUT2D eigenvalue weighted by Crippen LogP contribution is -2.33. The van der Waals surface area contributed by atoms with E-state index in [1.165, 1.54) is 45.1 Å². The molecule has 1 rings (SSSR count). The third-order valence-corrected chi connectivity index (χ3v) is 3.43. The van der Waals surface area contributed by atoms with Gasteiger partial charge in [0.05, 0.1) is 0 Å². The predicted molar refractivity (Wildman–Crippen MR) is 63.5 cm³/mol. The van der Waals surface area contributed by atoms with Gasteiger partial charge >= 0.3 is 0 Å². The van der Waals surface area contributed by atoms with E-state index < -0.39 is 0 Å². The van der Waals surface area contributed by atoms with Gasteiger partial charge in [-0.15, -0.1) is 0 Å². The van der Waals surface area contributed by atoms with Crippen LogP contribution < -0.4 is 5.32 Å². The molecule has 0 radical (unpaired) electrons. The molecule has 0 aromatic carbocycles. The van der Waals surface area contributed by atoms with Gasteiger partial charge in [-0.2, -0.15) is 0 Å². The van der Waals surface area contributed by atoms with Crippen LogP contribution in [0.15, 0.2) is 0 Å². The van der Waals surface area contributed by atoms with Gasteiger partial charge in [-0.3, -0.25) is 0 Å². The summed E-state index contributed by atoms with van der Waals surface area (Å²) in [5.41, 5.74) is 0. The van der Waals surface area contributed by atoms with Crippen molar-refractivity contribution in [1.29, 1.82) is 0 Å². The molecule has 0 bridgehead atoms. The summed E-state index contributed by atoms with van der Waals surface area (Å²) in [5.74, 6) is 1.96. The van der Waals surface area contributed by atoms with Crippen molar-refractivity contribution in [3.05, 3.63) is 0 Å². The van der Waals surface area contributed by atoms with Crippen molar-refractivity contribution >= 4 is 0 Å². The van der Waals surface area contributed by atoms with Gasteiger partial charge in [-0.25, -0.2) is 0 Å². The maximum Gasteiger partial charge on any atom is 0.00669 e. The lowest BCUT2D eigenvalue weighted by atomic mass is 10.0. The Morgan fingerprint density at radius 1 is 1.14 bits per heavy atom.